The number of pyridine rings is 1. The van der Waals surface area contributed by atoms with Gasteiger partial charge in [-0.25, -0.2) is 9.78 Å². The van der Waals surface area contributed by atoms with E-state index < -0.39 is 11.9 Å². The van der Waals surface area contributed by atoms with Crippen LogP contribution in [0.5, 0.6) is 0 Å². The van der Waals surface area contributed by atoms with Gasteiger partial charge in [0.15, 0.2) is 0 Å². The molecule has 0 atom stereocenters. The molecule has 0 saturated carbocycles. The van der Waals surface area contributed by atoms with Crippen molar-refractivity contribution < 1.29 is 13.9 Å². The Bertz CT molecular complexity index is 1140. The molecule has 0 radical (unpaired) electrons. The quantitative estimate of drug-likeness (QED) is 0.473. The number of benzene rings is 1. The molecule has 0 bridgehead atoms. The lowest BCUT2D eigenvalue weighted by atomic mass is 9.92. The Hall–Kier alpha value is -3.80. The third kappa shape index (κ3) is 3.84. The maximum Gasteiger partial charge on any atom is 0.339 e. The van der Waals surface area contributed by atoms with Crippen LogP contribution in [0.3, 0.4) is 0 Å². The SMILES string of the molecule is COC(=O)c1ccc(-c2ccc(F)nc2)c(N2CCC(c3nncn3C)CC2)c1C#N. The Morgan fingerprint density at radius 1 is 1.26 bits per heavy atom. The van der Waals surface area contributed by atoms with E-state index in [4.69, 9.17) is 4.74 Å². The van der Waals surface area contributed by atoms with Crippen molar-refractivity contribution in [3.63, 3.8) is 0 Å². The van der Waals surface area contributed by atoms with Gasteiger partial charge < -0.3 is 14.2 Å². The zero-order valence-corrected chi connectivity index (χ0v) is 17.2. The summed E-state index contributed by atoms with van der Waals surface area (Å²) in [6, 6.07) is 8.40. The Labute approximate surface area is 178 Å². The molecule has 0 unspecified atom stereocenters. The van der Waals surface area contributed by atoms with Gasteiger partial charge in [0.2, 0.25) is 5.95 Å². The number of aryl methyl sites for hydroxylation is 1. The number of aromatic nitrogens is 4. The molecule has 1 aliphatic heterocycles. The van der Waals surface area contributed by atoms with Crippen LogP contribution in [-0.2, 0) is 11.8 Å². The second kappa shape index (κ2) is 8.52. The third-order valence-corrected chi connectivity index (χ3v) is 5.66. The maximum absolute atomic E-state index is 13.4. The van der Waals surface area contributed by atoms with Crippen molar-refractivity contribution in [2.75, 3.05) is 25.1 Å². The van der Waals surface area contributed by atoms with E-state index >= 15 is 0 Å². The van der Waals surface area contributed by atoms with Crippen LogP contribution < -0.4 is 4.90 Å². The Balaban J connectivity index is 1.75. The minimum Gasteiger partial charge on any atom is -0.465 e. The summed E-state index contributed by atoms with van der Waals surface area (Å²) < 4.78 is 20.2. The van der Waals surface area contributed by atoms with Gasteiger partial charge >= 0.3 is 5.97 Å². The van der Waals surface area contributed by atoms with Crippen LogP contribution in [0.4, 0.5) is 10.1 Å². The van der Waals surface area contributed by atoms with E-state index in [0.717, 1.165) is 18.7 Å². The minimum absolute atomic E-state index is 0.203. The lowest BCUT2D eigenvalue weighted by Gasteiger charge is -2.35. The topological polar surface area (TPSA) is 96.9 Å². The lowest BCUT2D eigenvalue weighted by molar-refractivity contribution is 0.0600. The molecule has 1 saturated heterocycles. The van der Waals surface area contributed by atoms with Crippen molar-refractivity contribution in [3.05, 3.63) is 59.7 Å². The van der Waals surface area contributed by atoms with Crippen molar-refractivity contribution in [1.29, 1.82) is 5.26 Å². The maximum atomic E-state index is 13.4. The number of hydrogen-bond acceptors (Lipinski definition) is 7. The normalized spacial score (nSPS) is 14.3. The highest BCUT2D eigenvalue weighted by atomic mass is 19.1. The van der Waals surface area contributed by atoms with Gasteiger partial charge in [0.25, 0.3) is 0 Å². The third-order valence-electron chi connectivity index (χ3n) is 5.66. The van der Waals surface area contributed by atoms with E-state index in [-0.39, 0.29) is 17.0 Å². The first kappa shape index (κ1) is 20.5. The van der Waals surface area contributed by atoms with Crippen LogP contribution in [0, 0.1) is 17.3 Å². The zero-order chi connectivity index (χ0) is 22.0. The van der Waals surface area contributed by atoms with Gasteiger partial charge in [0, 0.05) is 43.4 Å². The number of rotatable bonds is 4. The van der Waals surface area contributed by atoms with Crippen LogP contribution in [0.2, 0.25) is 0 Å². The van der Waals surface area contributed by atoms with Crippen LogP contribution in [0.15, 0.2) is 36.8 Å². The van der Waals surface area contributed by atoms with E-state index in [9.17, 15) is 14.4 Å². The van der Waals surface area contributed by atoms with Gasteiger partial charge in [-0.1, -0.05) is 6.07 Å². The molecule has 4 rings (SSSR count). The molecule has 0 spiro atoms. The fraction of sp³-hybridized carbons (Fsp3) is 0.318. The number of carbonyl (C=O) groups is 1. The molecule has 31 heavy (non-hydrogen) atoms. The van der Waals surface area contributed by atoms with E-state index in [1.54, 1.807) is 24.5 Å². The number of anilines is 1. The van der Waals surface area contributed by atoms with Crippen LogP contribution in [0.25, 0.3) is 11.1 Å². The van der Waals surface area contributed by atoms with E-state index in [1.807, 2.05) is 11.6 Å². The number of methoxy groups -OCH3 is 1. The highest BCUT2D eigenvalue weighted by Gasteiger charge is 2.29. The van der Waals surface area contributed by atoms with E-state index in [0.29, 0.717) is 29.9 Å². The molecule has 3 heterocycles. The second-order valence-corrected chi connectivity index (χ2v) is 7.42. The number of nitrogens with zero attached hydrogens (tertiary/aromatic N) is 6. The summed E-state index contributed by atoms with van der Waals surface area (Å²) in [6.07, 6.45) is 4.76. The molecule has 2 aromatic heterocycles. The van der Waals surface area contributed by atoms with Gasteiger partial charge in [-0.05, 0) is 31.0 Å². The highest BCUT2D eigenvalue weighted by molar-refractivity contribution is 5.97. The molecule has 0 N–H and O–H groups in total. The average Bonchev–Trinajstić information content (AvgIpc) is 3.24. The molecule has 1 fully saturated rings. The fourth-order valence-corrected chi connectivity index (χ4v) is 4.10. The van der Waals surface area contributed by atoms with Gasteiger partial charge in [-0.15, -0.1) is 10.2 Å². The predicted molar refractivity (Wildman–Crippen MR) is 111 cm³/mol. The first-order chi connectivity index (χ1) is 15.0. The Morgan fingerprint density at radius 3 is 2.61 bits per heavy atom. The van der Waals surface area contributed by atoms with Gasteiger partial charge in [0.1, 0.15) is 18.2 Å². The largest absolute Gasteiger partial charge is 0.465 e. The zero-order valence-electron chi connectivity index (χ0n) is 17.2. The first-order valence-electron chi connectivity index (χ1n) is 9.89. The summed E-state index contributed by atoms with van der Waals surface area (Å²) in [5.41, 5.74) is 2.46. The Morgan fingerprint density at radius 2 is 2.03 bits per heavy atom. The monoisotopic (exact) mass is 420 g/mol. The molecule has 3 aromatic rings. The number of nitriles is 1. The number of piperidine rings is 1. The summed E-state index contributed by atoms with van der Waals surface area (Å²) in [7, 11) is 3.21. The van der Waals surface area contributed by atoms with Crippen molar-refractivity contribution in [2.45, 2.75) is 18.8 Å². The molecule has 158 valence electrons. The fourth-order valence-electron chi connectivity index (χ4n) is 4.10. The van der Waals surface area contributed by atoms with E-state index in [2.05, 4.69) is 26.2 Å². The summed E-state index contributed by atoms with van der Waals surface area (Å²) in [5.74, 6) is 0.0393. The summed E-state index contributed by atoms with van der Waals surface area (Å²) in [4.78, 5) is 18.1. The molecule has 1 aromatic carbocycles. The molecular weight excluding hydrogens is 399 g/mol. The van der Waals surface area contributed by atoms with Crippen LogP contribution >= 0.6 is 0 Å². The number of carbonyl (C=O) groups excluding carboxylic acids is 1. The minimum atomic E-state index is -0.582. The number of halogens is 1. The molecule has 0 amide bonds. The standard InChI is InChI=1S/C22H21FN6O2/c1-28-13-26-27-21(28)14-7-9-29(10-8-14)20-16(15-3-6-19(23)25-12-15)4-5-17(18(20)11-24)22(30)31-2/h3-6,12-14H,7-10H2,1-2H3. The van der Waals surface area contributed by atoms with Crippen molar-refractivity contribution in [3.8, 4) is 17.2 Å². The smallest absolute Gasteiger partial charge is 0.339 e. The molecule has 0 aliphatic carbocycles. The number of ether oxygens (including phenoxy) is 1. The Kier molecular flexibility index (Phi) is 5.62. The van der Waals surface area contributed by atoms with E-state index in [1.165, 1.54) is 19.4 Å². The molecule has 8 nitrogen and oxygen atoms in total. The summed E-state index contributed by atoms with van der Waals surface area (Å²) in [6.45, 7) is 1.33. The summed E-state index contributed by atoms with van der Waals surface area (Å²) in [5, 5.41) is 18.1. The molecule has 1 aliphatic rings. The number of esters is 1. The van der Waals surface area contributed by atoms with Crippen molar-refractivity contribution in [2.24, 2.45) is 7.05 Å². The summed E-state index contributed by atoms with van der Waals surface area (Å²) >= 11 is 0. The first-order valence-corrected chi connectivity index (χ1v) is 9.89. The lowest BCUT2D eigenvalue weighted by Crippen LogP contribution is -2.34. The molecular formula is C22H21FN6O2. The predicted octanol–water partition coefficient (Wildman–Crippen LogP) is 3.06. The second-order valence-electron chi connectivity index (χ2n) is 7.42. The average molecular weight is 420 g/mol. The van der Waals surface area contributed by atoms with Gasteiger partial charge in [0.05, 0.1) is 23.9 Å². The van der Waals surface area contributed by atoms with Crippen LogP contribution in [-0.4, -0.2) is 45.9 Å². The van der Waals surface area contributed by atoms with Crippen LogP contribution in [0.1, 0.15) is 40.5 Å². The van der Waals surface area contributed by atoms with Crippen molar-refractivity contribution in [1.82, 2.24) is 19.7 Å². The van der Waals surface area contributed by atoms with Gasteiger partial charge in [-0.3, -0.25) is 0 Å². The van der Waals surface area contributed by atoms with Crippen molar-refractivity contribution >= 4 is 11.7 Å². The van der Waals surface area contributed by atoms with Gasteiger partial charge in [-0.2, -0.15) is 9.65 Å². The number of hydrogen-bond donors (Lipinski definition) is 0. The highest BCUT2D eigenvalue weighted by Crippen LogP contribution is 2.39. The molecule has 9 heteroatoms.